The molecule has 0 aromatic heterocycles. The molecule has 0 amide bonds. The second-order valence-electron chi connectivity index (χ2n) is 11.0. The average Bonchev–Trinajstić information content (AvgIpc) is 3.07. The molecule has 0 fully saturated rings. The summed E-state index contributed by atoms with van der Waals surface area (Å²) in [4.78, 5) is 0. The Morgan fingerprint density at radius 2 is 0.810 bits per heavy atom. The summed E-state index contributed by atoms with van der Waals surface area (Å²) in [5, 5.41) is 7.56. The van der Waals surface area contributed by atoms with Gasteiger partial charge in [0.1, 0.15) is 0 Å². The Kier molecular flexibility index (Phi) is 5.90. The summed E-state index contributed by atoms with van der Waals surface area (Å²) >= 11 is 0. The van der Waals surface area contributed by atoms with Gasteiger partial charge in [-0.05, 0) is 107 Å². The molecule has 0 spiro atoms. The molecular weight excluding hydrogens is 504 g/mol. The van der Waals surface area contributed by atoms with Crippen LogP contribution in [0.25, 0.3) is 76.8 Å². The van der Waals surface area contributed by atoms with E-state index in [1.807, 2.05) is 0 Å². The zero-order chi connectivity index (χ0) is 27.9. The van der Waals surface area contributed by atoms with Gasteiger partial charge in [-0.15, -0.1) is 0 Å². The molecule has 0 radical (unpaired) electrons. The fourth-order valence-corrected chi connectivity index (χ4v) is 6.36. The summed E-state index contributed by atoms with van der Waals surface area (Å²) in [5.74, 6) is 0. The molecule has 0 aliphatic rings. The van der Waals surface area contributed by atoms with Crippen molar-refractivity contribution in [2.75, 3.05) is 0 Å². The number of hydrogen-bond acceptors (Lipinski definition) is 0. The first kappa shape index (κ1) is 24.3. The molecular formula is C42H28. The molecule has 0 saturated heterocycles. The highest BCUT2D eigenvalue weighted by atomic mass is 14.2. The Balaban J connectivity index is 1.41. The summed E-state index contributed by atoms with van der Waals surface area (Å²) in [6.45, 7) is 0. The van der Waals surface area contributed by atoms with Crippen LogP contribution in [0.2, 0.25) is 0 Å². The van der Waals surface area contributed by atoms with Gasteiger partial charge in [-0.2, -0.15) is 0 Å². The first-order chi connectivity index (χ1) is 20.8. The lowest BCUT2D eigenvalue weighted by atomic mass is 9.86. The molecule has 0 unspecified atom stereocenters. The van der Waals surface area contributed by atoms with Gasteiger partial charge in [0, 0.05) is 0 Å². The fourth-order valence-electron chi connectivity index (χ4n) is 6.36. The van der Waals surface area contributed by atoms with Gasteiger partial charge in [0.25, 0.3) is 0 Å². The van der Waals surface area contributed by atoms with E-state index < -0.39 is 0 Å². The molecule has 8 rings (SSSR count). The topological polar surface area (TPSA) is 0 Å². The smallest absolute Gasteiger partial charge is 0.00264 e. The van der Waals surface area contributed by atoms with Crippen molar-refractivity contribution >= 4 is 32.3 Å². The standard InChI is InChI=1S/C42H28/c1-3-13-30(14-4-1)39-27-37-26-35-18-9-10-21-38(35)42(41(37)28-40(39)31-15-5-2-6-16-31)36-20-11-19-33(25-36)34-23-22-29-12-7-8-17-32(29)24-34/h1-28H. The van der Waals surface area contributed by atoms with Gasteiger partial charge in [0.2, 0.25) is 0 Å². The van der Waals surface area contributed by atoms with Crippen molar-refractivity contribution in [3.05, 3.63) is 170 Å². The predicted molar refractivity (Wildman–Crippen MR) is 181 cm³/mol. The molecule has 196 valence electrons. The van der Waals surface area contributed by atoms with E-state index in [0.717, 1.165) is 0 Å². The zero-order valence-electron chi connectivity index (χ0n) is 23.2. The lowest BCUT2D eigenvalue weighted by Gasteiger charge is -2.18. The van der Waals surface area contributed by atoms with Crippen LogP contribution in [0.1, 0.15) is 0 Å². The first-order valence-electron chi connectivity index (χ1n) is 14.5. The summed E-state index contributed by atoms with van der Waals surface area (Å²) < 4.78 is 0. The maximum absolute atomic E-state index is 2.41. The van der Waals surface area contributed by atoms with Gasteiger partial charge < -0.3 is 0 Å². The van der Waals surface area contributed by atoms with E-state index in [-0.39, 0.29) is 0 Å². The first-order valence-corrected chi connectivity index (χ1v) is 14.5. The maximum atomic E-state index is 2.41. The molecule has 8 aromatic carbocycles. The van der Waals surface area contributed by atoms with Crippen LogP contribution in [0.3, 0.4) is 0 Å². The van der Waals surface area contributed by atoms with Crippen LogP contribution in [0.15, 0.2) is 170 Å². The van der Waals surface area contributed by atoms with E-state index in [4.69, 9.17) is 0 Å². The normalized spacial score (nSPS) is 11.3. The van der Waals surface area contributed by atoms with E-state index in [9.17, 15) is 0 Å². The van der Waals surface area contributed by atoms with E-state index >= 15 is 0 Å². The molecule has 0 aliphatic heterocycles. The van der Waals surface area contributed by atoms with Crippen molar-refractivity contribution < 1.29 is 0 Å². The van der Waals surface area contributed by atoms with Crippen molar-refractivity contribution in [1.82, 2.24) is 0 Å². The van der Waals surface area contributed by atoms with Crippen molar-refractivity contribution in [2.24, 2.45) is 0 Å². The Morgan fingerprint density at radius 3 is 1.57 bits per heavy atom. The molecule has 42 heavy (non-hydrogen) atoms. The van der Waals surface area contributed by atoms with Crippen molar-refractivity contribution in [2.45, 2.75) is 0 Å². The number of rotatable bonds is 4. The van der Waals surface area contributed by atoms with Crippen LogP contribution in [0, 0.1) is 0 Å². The van der Waals surface area contributed by atoms with E-state index in [2.05, 4.69) is 170 Å². The van der Waals surface area contributed by atoms with Crippen LogP contribution >= 0.6 is 0 Å². The third-order valence-electron chi connectivity index (χ3n) is 8.40. The molecule has 0 nitrogen and oxygen atoms in total. The SMILES string of the molecule is c1ccc(-c2cc3cc4ccccc4c(-c4cccc(-c5ccc6ccccc6c5)c4)c3cc2-c2ccccc2)cc1. The van der Waals surface area contributed by atoms with Crippen LogP contribution < -0.4 is 0 Å². The molecule has 0 atom stereocenters. The summed E-state index contributed by atoms with van der Waals surface area (Å²) in [7, 11) is 0. The Hall–Kier alpha value is -5.46. The van der Waals surface area contributed by atoms with Crippen molar-refractivity contribution in [1.29, 1.82) is 0 Å². The van der Waals surface area contributed by atoms with Crippen LogP contribution in [-0.2, 0) is 0 Å². The molecule has 0 heteroatoms. The Labute approximate surface area is 246 Å². The van der Waals surface area contributed by atoms with Gasteiger partial charge in [-0.25, -0.2) is 0 Å². The van der Waals surface area contributed by atoms with Gasteiger partial charge >= 0.3 is 0 Å². The summed E-state index contributed by atoms with van der Waals surface area (Å²) in [6.07, 6.45) is 0. The minimum absolute atomic E-state index is 1.22. The predicted octanol–water partition coefficient (Wildman–Crippen LogP) is 11.8. The van der Waals surface area contributed by atoms with E-state index in [1.54, 1.807) is 0 Å². The average molecular weight is 533 g/mol. The summed E-state index contributed by atoms with van der Waals surface area (Å²) in [5.41, 5.74) is 9.92. The second kappa shape index (κ2) is 10.2. The van der Waals surface area contributed by atoms with Crippen LogP contribution in [-0.4, -0.2) is 0 Å². The second-order valence-corrected chi connectivity index (χ2v) is 11.0. The lowest BCUT2D eigenvalue weighted by Crippen LogP contribution is -1.91. The maximum Gasteiger partial charge on any atom is -0.00264 e. The minimum atomic E-state index is 1.22. The molecule has 0 aliphatic carbocycles. The van der Waals surface area contributed by atoms with Gasteiger partial charge in [-0.3, -0.25) is 0 Å². The summed E-state index contributed by atoms with van der Waals surface area (Å²) in [6, 6.07) is 61.9. The highest BCUT2D eigenvalue weighted by Gasteiger charge is 2.16. The number of hydrogen-bond donors (Lipinski definition) is 0. The van der Waals surface area contributed by atoms with Crippen molar-refractivity contribution in [3.63, 3.8) is 0 Å². The lowest BCUT2D eigenvalue weighted by molar-refractivity contribution is 1.60. The largest absolute Gasteiger partial charge is 0.0622 e. The third-order valence-corrected chi connectivity index (χ3v) is 8.40. The van der Waals surface area contributed by atoms with Gasteiger partial charge in [-0.1, -0.05) is 140 Å². The fraction of sp³-hybridized carbons (Fsp3) is 0. The van der Waals surface area contributed by atoms with E-state index in [1.165, 1.54) is 76.8 Å². The number of fused-ring (bicyclic) bond motifs is 3. The van der Waals surface area contributed by atoms with Gasteiger partial charge in [0.15, 0.2) is 0 Å². The van der Waals surface area contributed by atoms with Crippen LogP contribution in [0.4, 0.5) is 0 Å². The molecule has 8 aromatic rings. The monoisotopic (exact) mass is 532 g/mol. The molecule has 0 bridgehead atoms. The highest BCUT2D eigenvalue weighted by Crippen LogP contribution is 2.43. The molecule has 0 saturated carbocycles. The third kappa shape index (κ3) is 4.26. The number of benzene rings is 8. The van der Waals surface area contributed by atoms with E-state index in [0.29, 0.717) is 0 Å². The zero-order valence-corrected chi connectivity index (χ0v) is 23.2. The molecule has 0 N–H and O–H groups in total. The van der Waals surface area contributed by atoms with Crippen molar-refractivity contribution in [3.8, 4) is 44.5 Å². The van der Waals surface area contributed by atoms with Gasteiger partial charge in [0.05, 0.1) is 0 Å². The Morgan fingerprint density at radius 1 is 0.238 bits per heavy atom. The minimum Gasteiger partial charge on any atom is -0.0622 e. The highest BCUT2D eigenvalue weighted by molar-refractivity contribution is 6.15. The van der Waals surface area contributed by atoms with Crippen LogP contribution in [0.5, 0.6) is 0 Å². The molecule has 0 heterocycles. The Bertz CT molecular complexity index is 2220. The quantitative estimate of drug-likeness (QED) is 0.198.